The van der Waals surface area contributed by atoms with Crippen molar-refractivity contribution >= 4 is 5.97 Å². The molecule has 0 bridgehead atoms. The minimum atomic E-state index is -0.566. The Bertz CT molecular complexity index is 169. The van der Waals surface area contributed by atoms with Crippen LogP contribution in [0.5, 0.6) is 0 Å². The normalized spacial score (nSPS) is 12.3. The van der Waals surface area contributed by atoms with E-state index in [9.17, 15) is 4.79 Å². The zero-order chi connectivity index (χ0) is 8.85. The maximum Gasteiger partial charge on any atom is 0.324 e. The van der Waals surface area contributed by atoms with Gasteiger partial charge >= 0.3 is 5.97 Å². The highest BCUT2D eigenvalue weighted by Crippen LogP contribution is 1.99. The van der Waals surface area contributed by atoms with E-state index in [2.05, 4.69) is 10.7 Å². The van der Waals surface area contributed by atoms with Gasteiger partial charge in [0.05, 0.1) is 0 Å². The predicted octanol–water partition coefficient (Wildman–Crippen LogP) is 0.146. The maximum absolute atomic E-state index is 10.9. The van der Waals surface area contributed by atoms with Crippen LogP contribution in [0.15, 0.2) is 0 Å². The summed E-state index contributed by atoms with van der Waals surface area (Å²) in [5.41, 5.74) is 5.46. The summed E-state index contributed by atoms with van der Waals surface area (Å²) in [6.07, 6.45) is 4.89. The average Bonchev–Trinajstić information content (AvgIpc) is 1.98. The Morgan fingerprint density at radius 2 is 2.27 bits per heavy atom. The first kappa shape index (κ1) is 9.99. The maximum atomic E-state index is 10.9. The van der Waals surface area contributed by atoms with Crippen molar-refractivity contribution in [2.24, 2.45) is 11.7 Å². The number of nitrogens with two attached hydrogens (primary N) is 1. The Hall–Kier alpha value is -1.01. The number of hydrogen-bond donors (Lipinski definition) is 1. The molecule has 0 saturated carbocycles. The van der Waals surface area contributed by atoms with Crippen molar-refractivity contribution in [2.75, 3.05) is 6.61 Å². The summed E-state index contributed by atoms with van der Waals surface area (Å²) in [7, 11) is 0. The van der Waals surface area contributed by atoms with Gasteiger partial charge in [-0.25, -0.2) is 0 Å². The predicted molar refractivity (Wildman–Crippen MR) is 42.6 cm³/mol. The van der Waals surface area contributed by atoms with Crippen LogP contribution in [-0.4, -0.2) is 18.6 Å². The Morgan fingerprint density at radius 3 is 2.64 bits per heavy atom. The fraction of sp³-hybridized carbons (Fsp3) is 0.625. The topological polar surface area (TPSA) is 52.3 Å². The van der Waals surface area contributed by atoms with Crippen LogP contribution in [0, 0.1) is 18.3 Å². The first-order valence-corrected chi connectivity index (χ1v) is 3.45. The van der Waals surface area contributed by atoms with E-state index in [1.54, 1.807) is 0 Å². The third kappa shape index (κ3) is 3.64. The van der Waals surface area contributed by atoms with Gasteiger partial charge in [-0.15, -0.1) is 6.42 Å². The molecular formula is C8H13NO2. The summed E-state index contributed by atoms with van der Waals surface area (Å²) in [4.78, 5) is 10.9. The fourth-order valence-corrected chi connectivity index (χ4v) is 0.481. The molecule has 0 radical (unpaired) electrons. The third-order valence-corrected chi connectivity index (χ3v) is 1.29. The second-order valence-corrected chi connectivity index (χ2v) is 2.58. The first-order valence-electron chi connectivity index (χ1n) is 3.45. The van der Waals surface area contributed by atoms with Gasteiger partial charge in [-0.2, -0.15) is 0 Å². The lowest BCUT2D eigenvalue weighted by Gasteiger charge is -2.12. The molecular weight excluding hydrogens is 142 g/mol. The van der Waals surface area contributed by atoms with Gasteiger partial charge in [0, 0.05) is 0 Å². The van der Waals surface area contributed by atoms with E-state index in [-0.39, 0.29) is 12.5 Å². The van der Waals surface area contributed by atoms with Crippen molar-refractivity contribution < 1.29 is 9.53 Å². The molecule has 0 aromatic rings. The van der Waals surface area contributed by atoms with E-state index in [1.165, 1.54) is 0 Å². The molecule has 0 saturated heterocycles. The molecule has 0 rings (SSSR count). The van der Waals surface area contributed by atoms with E-state index in [4.69, 9.17) is 12.2 Å². The molecule has 0 heterocycles. The lowest BCUT2D eigenvalue weighted by atomic mass is 10.1. The molecule has 1 atom stereocenters. The highest BCUT2D eigenvalue weighted by Gasteiger charge is 2.17. The zero-order valence-corrected chi connectivity index (χ0v) is 6.83. The quantitative estimate of drug-likeness (QED) is 0.466. The van der Waals surface area contributed by atoms with Gasteiger partial charge in [0.25, 0.3) is 0 Å². The van der Waals surface area contributed by atoms with Gasteiger partial charge in [-0.05, 0) is 5.92 Å². The SMILES string of the molecule is C#CCOC(=O)C(N)C(C)C. The molecule has 0 aliphatic rings. The standard InChI is InChI=1S/C8H13NO2/c1-4-5-11-8(10)7(9)6(2)3/h1,6-7H,5,9H2,2-3H3. The van der Waals surface area contributed by atoms with Crippen LogP contribution >= 0.6 is 0 Å². The van der Waals surface area contributed by atoms with Gasteiger partial charge < -0.3 is 10.5 Å². The van der Waals surface area contributed by atoms with Gasteiger partial charge in [0.1, 0.15) is 6.04 Å². The highest BCUT2D eigenvalue weighted by atomic mass is 16.5. The monoisotopic (exact) mass is 155 g/mol. The van der Waals surface area contributed by atoms with Crippen LogP contribution < -0.4 is 5.73 Å². The van der Waals surface area contributed by atoms with Crippen LogP contribution in [-0.2, 0) is 9.53 Å². The molecule has 3 heteroatoms. The molecule has 0 spiro atoms. The Balaban J connectivity index is 3.76. The lowest BCUT2D eigenvalue weighted by Crippen LogP contribution is -2.37. The highest BCUT2D eigenvalue weighted by molar-refractivity contribution is 5.75. The summed E-state index contributed by atoms with van der Waals surface area (Å²) in [6.45, 7) is 3.70. The Kier molecular flexibility index (Phi) is 4.32. The van der Waals surface area contributed by atoms with Crippen molar-refractivity contribution in [2.45, 2.75) is 19.9 Å². The minimum Gasteiger partial charge on any atom is -0.451 e. The average molecular weight is 155 g/mol. The number of ether oxygens (including phenoxy) is 1. The second kappa shape index (κ2) is 4.75. The van der Waals surface area contributed by atoms with Crippen LogP contribution in [0.25, 0.3) is 0 Å². The van der Waals surface area contributed by atoms with Crippen LogP contribution in [0.3, 0.4) is 0 Å². The smallest absolute Gasteiger partial charge is 0.324 e. The second-order valence-electron chi connectivity index (χ2n) is 2.58. The number of carbonyl (C=O) groups is 1. The molecule has 0 aromatic heterocycles. The van der Waals surface area contributed by atoms with Crippen molar-refractivity contribution in [3.05, 3.63) is 0 Å². The number of hydrogen-bond acceptors (Lipinski definition) is 3. The lowest BCUT2D eigenvalue weighted by molar-refractivity contribution is -0.144. The summed E-state index contributed by atoms with van der Waals surface area (Å²) in [5.74, 6) is 1.84. The van der Waals surface area contributed by atoms with Gasteiger partial charge in [-0.1, -0.05) is 19.8 Å². The molecule has 0 aliphatic carbocycles. The number of rotatable bonds is 3. The van der Waals surface area contributed by atoms with Crippen LogP contribution in [0.2, 0.25) is 0 Å². The molecule has 0 fully saturated rings. The minimum absolute atomic E-state index is 0.000741. The number of esters is 1. The number of carbonyl (C=O) groups excluding carboxylic acids is 1. The third-order valence-electron chi connectivity index (χ3n) is 1.29. The van der Waals surface area contributed by atoms with Crippen molar-refractivity contribution in [1.82, 2.24) is 0 Å². The molecule has 0 amide bonds. The van der Waals surface area contributed by atoms with Gasteiger partial charge in [0.15, 0.2) is 6.61 Å². The fourth-order valence-electron chi connectivity index (χ4n) is 0.481. The Labute approximate surface area is 66.9 Å². The summed E-state index contributed by atoms with van der Waals surface area (Å²) in [6, 6.07) is -0.566. The summed E-state index contributed by atoms with van der Waals surface area (Å²) in [5, 5.41) is 0. The van der Waals surface area contributed by atoms with E-state index in [0.717, 1.165) is 0 Å². The Morgan fingerprint density at radius 1 is 1.73 bits per heavy atom. The van der Waals surface area contributed by atoms with Crippen molar-refractivity contribution in [1.29, 1.82) is 0 Å². The zero-order valence-electron chi connectivity index (χ0n) is 6.83. The summed E-state index contributed by atoms with van der Waals surface area (Å²) >= 11 is 0. The van der Waals surface area contributed by atoms with Crippen molar-refractivity contribution in [3.8, 4) is 12.3 Å². The molecule has 62 valence electrons. The largest absolute Gasteiger partial charge is 0.451 e. The molecule has 2 N–H and O–H groups in total. The van der Waals surface area contributed by atoms with E-state index >= 15 is 0 Å². The molecule has 0 aliphatic heterocycles. The molecule has 3 nitrogen and oxygen atoms in total. The van der Waals surface area contributed by atoms with Crippen molar-refractivity contribution in [3.63, 3.8) is 0 Å². The number of terminal acetylenes is 1. The molecule has 0 aromatic carbocycles. The molecule has 11 heavy (non-hydrogen) atoms. The molecule has 1 unspecified atom stereocenters. The van der Waals surface area contributed by atoms with Gasteiger partial charge in [-0.3, -0.25) is 4.79 Å². The van der Waals surface area contributed by atoms with Crippen LogP contribution in [0.1, 0.15) is 13.8 Å². The van der Waals surface area contributed by atoms with E-state index in [0.29, 0.717) is 0 Å². The van der Waals surface area contributed by atoms with Crippen LogP contribution in [0.4, 0.5) is 0 Å². The van der Waals surface area contributed by atoms with E-state index < -0.39 is 12.0 Å². The van der Waals surface area contributed by atoms with E-state index in [1.807, 2.05) is 13.8 Å². The summed E-state index contributed by atoms with van der Waals surface area (Å²) < 4.78 is 4.61. The first-order chi connectivity index (χ1) is 5.09. The van der Waals surface area contributed by atoms with Gasteiger partial charge in [0.2, 0.25) is 0 Å².